The van der Waals surface area contributed by atoms with Gasteiger partial charge in [-0.2, -0.15) is 0 Å². The van der Waals surface area contributed by atoms with E-state index in [4.69, 9.17) is 18.9 Å². The van der Waals surface area contributed by atoms with Crippen LogP contribution in [0.15, 0.2) is 71.6 Å². The quantitative estimate of drug-likeness (QED) is 0.615. The fraction of sp³-hybridized carbons (Fsp3) is 0.250. The molecule has 32 heavy (non-hydrogen) atoms. The third-order valence-electron chi connectivity index (χ3n) is 5.37. The first-order valence-electron chi connectivity index (χ1n) is 10.4. The van der Waals surface area contributed by atoms with Gasteiger partial charge >= 0.3 is 0 Å². The largest absolute Gasteiger partial charge is 0.486 e. The van der Waals surface area contributed by atoms with Crippen LogP contribution in [-0.4, -0.2) is 34.8 Å². The Labute approximate surface area is 186 Å². The van der Waals surface area contributed by atoms with E-state index >= 15 is 0 Å². The molecule has 3 aromatic rings. The van der Waals surface area contributed by atoms with Crippen molar-refractivity contribution in [2.75, 3.05) is 26.4 Å². The maximum Gasteiger partial charge on any atom is 0.241 e. The predicted molar refractivity (Wildman–Crippen MR) is 118 cm³/mol. The minimum atomic E-state index is -3.84. The van der Waals surface area contributed by atoms with Crippen molar-refractivity contribution in [2.24, 2.45) is 0 Å². The zero-order valence-electron chi connectivity index (χ0n) is 17.3. The molecule has 8 heteroatoms. The summed E-state index contributed by atoms with van der Waals surface area (Å²) in [5.41, 5.74) is 1.80. The number of hydrogen-bond acceptors (Lipinski definition) is 6. The fourth-order valence-electron chi connectivity index (χ4n) is 3.80. The summed E-state index contributed by atoms with van der Waals surface area (Å²) in [7, 11) is -3.84. The molecule has 0 aromatic heterocycles. The normalized spacial score (nSPS) is 15.8. The lowest BCUT2D eigenvalue weighted by Crippen LogP contribution is -2.30. The minimum Gasteiger partial charge on any atom is -0.486 e. The van der Waals surface area contributed by atoms with E-state index in [1.54, 1.807) is 6.07 Å². The molecule has 3 aromatic carbocycles. The second-order valence-corrected chi connectivity index (χ2v) is 9.29. The molecular weight excluding hydrogens is 430 g/mol. The van der Waals surface area contributed by atoms with E-state index in [1.807, 2.05) is 48.5 Å². The summed E-state index contributed by atoms with van der Waals surface area (Å²) in [5, 5.41) is 0. The summed E-state index contributed by atoms with van der Waals surface area (Å²) in [6.07, 6.45) is 0.476. The standard InChI is InChI=1S/C24H23NO6S/c26-32(27,19-7-9-22-24(16-19)31-13-11-29-22)25-20(14-17-4-2-1-3-5-17)18-6-8-21-23(15-18)30-12-10-28-21/h1-9,15-16,20,25H,10-14H2. The van der Waals surface area contributed by atoms with Gasteiger partial charge in [-0.1, -0.05) is 36.4 Å². The van der Waals surface area contributed by atoms with Crippen molar-refractivity contribution >= 4 is 10.0 Å². The van der Waals surface area contributed by atoms with Crippen LogP contribution in [-0.2, 0) is 16.4 Å². The van der Waals surface area contributed by atoms with Crippen molar-refractivity contribution in [1.82, 2.24) is 4.72 Å². The second kappa shape index (κ2) is 8.72. The Morgan fingerprint density at radius 2 is 1.31 bits per heavy atom. The lowest BCUT2D eigenvalue weighted by Gasteiger charge is -2.24. The molecule has 0 fully saturated rings. The molecule has 0 spiro atoms. The first kappa shape index (κ1) is 20.7. The highest BCUT2D eigenvalue weighted by atomic mass is 32.2. The fourth-order valence-corrected chi connectivity index (χ4v) is 5.04. The number of sulfonamides is 1. The van der Waals surface area contributed by atoms with Crippen LogP contribution in [0.1, 0.15) is 17.2 Å². The van der Waals surface area contributed by atoms with E-state index in [0.717, 1.165) is 11.1 Å². The van der Waals surface area contributed by atoms with Crippen molar-refractivity contribution in [1.29, 1.82) is 0 Å². The summed E-state index contributed by atoms with van der Waals surface area (Å²) in [6.45, 7) is 1.79. The molecule has 5 rings (SSSR count). The van der Waals surface area contributed by atoms with Crippen LogP contribution in [0, 0.1) is 0 Å². The van der Waals surface area contributed by atoms with E-state index < -0.39 is 16.1 Å². The number of fused-ring (bicyclic) bond motifs is 2. The van der Waals surface area contributed by atoms with Gasteiger partial charge in [-0.3, -0.25) is 0 Å². The lowest BCUT2D eigenvalue weighted by atomic mass is 9.99. The van der Waals surface area contributed by atoms with Crippen LogP contribution < -0.4 is 23.7 Å². The molecule has 0 saturated heterocycles. The van der Waals surface area contributed by atoms with E-state index in [2.05, 4.69) is 4.72 Å². The smallest absolute Gasteiger partial charge is 0.241 e. The summed E-state index contributed by atoms with van der Waals surface area (Å²) in [6, 6.07) is 19.4. The van der Waals surface area contributed by atoms with Gasteiger partial charge in [0.25, 0.3) is 0 Å². The average molecular weight is 454 g/mol. The van der Waals surface area contributed by atoms with Crippen LogP contribution in [0.4, 0.5) is 0 Å². The van der Waals surface area contributed by atoms with Crippen LogP contribution in [0.5, 0.6) is 23.0 Å². The number of ether oxygens (including phenoxy) is 4. The Kier molecular flexibility index (Phi) is 5.63. The molecule has 2 aliphatic rings. The molecule has 1 unspecified atom stereocenters. The maximum atomic E-state index is 13.3. The summed E-state index contributed by atoms with van der Waals surface area (Å²) in [5.74, 6) is 2.25. The van der Waals surface area contributed by atoms with Crippen molar-refractivity contribution < 1.29 is 27.4 Å². The topological polar surface area (TPSA) is 83.1 Å². The van der Waals surface area contributed by atoms with Crippen molar-refractivity contribution in [3.8, 4) is 23.0 Å². The second-order valence-electron chi connectivity index (χ2n) is 7.57. The molecule has 0 bridgehead atoms. The molecule has 2 aliphatic heterocycles. The Morgan fingerprint density at radius 3 is 2.00 bits per heavy atom. The van der Waals surface area contributed by atoms with Crippen LogP contribution in [0.3, 0.4) is 0 Å². The van der Waals surface area contributed by atoms with E-state index in [1.165, 1.54) is 12.1 Å². The molecule has 0 aliphatic carbocycles. The first-order valence-corrected chi connectivity index (χ1v) is 11.9. The van der Waals surface area contributed by atoms with Crippen LogP contribution in [0.25, 0.3) is 0 Å². The number of nitrogens with one attached hydrogen (secondary N) is 1. The van der Waals surface area contributed by atoms with Crippen molar-refractivity contribution in [3.05, 3.63) is 77.9 Å². The van der Waals surface area contributed by atoms with Gasteiger partial charge in [-0.05, 0) is 41.8 Å². The Morgan fingerprint density at radius 1 is 0.719 bits per heavy atom. The molecule has 1 N–H and O–H groups in total. The molecular formula is C24H23NO6S. The minimum absolute atomic E-state index is 0.123. The van der Waals surface area contributed by atoms with Crippen molar-refractivity contribution in [2.45, 2.75) is 17.4 Å². The van der Waals surface area contributed by atoms with E-state index in [-0.39, 0.29) is 4.90 Å². The van der Waals surface area contributed by atoms with Gasteiger partial charge < -0.3 is 18.9 Å². The Bertz CT molecular complexity index is 1210. The average Bonchev–Trinajstić information content (AvgIpc) is 2.83. The van der Waals surface area contributed by atoms with Gasteiger partial charge in [0.1, 0.15) is 26.4 Å². The van der Waals surface area contributed by atoms with Gasteiger partial charge in [0.05, 0.1) is 10.9 Å². The van der Waals surface area contributed by atoms with Crippen LogP contribution >= 0.6 is 0 Å². The molecule has 7 nitrogen and oxygen atoms in total. The molecule has 1 atom stereocenters. The third kappa shape index (κ3) is 4.37. The van der Waals surface area contributed by atoms with Gasteiger partial charge in [0.2, 0.25) is 10.0 Å². The molecule has 0 radical (unpaired) electrons. The molecule has 0 amide bonds. The monoisotopic (exact) mass is 453 g/mol. The highest BCUT2D eigenvalue weighted by Gasteiger charge is 2.25. The van der Waals surface area contributed by atoms with Crippen molar-refractivity contribution in [3.63, 3.8) is 0 Å². The first-order chi connectivity index (χ1) is 15.6. The predicted octanol–water partition coefficient (Wildman–Crippen LogP) is 3.49. The maximum absolute atomic E-state index is 13.3. The zero-order chi connectivity index (χ0) is 22.0. The van der Waals surface area contributed by atoms with Gasteiger partial charge in [-0.25, -0.2) is 13.1 Å². The zero-order valence-corrected chi connectivity index (χ0v) is 18.1. The molecule has 2 heterocycles. The Balaban J connectivity index is 1.47. The summed E-state index contributed by atoms with van der Waals surface area (Å²) < 4.78 is 51.9. The Hall–Kier alpha value is -3.23. The summed E-state index contributed by atoms with van der Waals surface area (Å²) in [4.78, 5) is 0.123. The molecule has 166 valence electrons. The number of rotatable bonds is 6. The van der Waals surface area contributed by atoms with Gasteiger partial charge in [0.15, 0.2) is 23.0 Å². The third-order valence-corrected chi connectivity index (χ3v) is 6.84. The van der Waals surface area contributed by atoms with E-state index in [0.29, 0.717) is 55.8 Å². The molecule has 0 saturated carbocycles. The lowest BCUT2D eigenvalue weighted by molar-refractivity contribution is 0.171. The summed E-state index contributed by atoms with van der Waals surface area (Å²) >= 11 is 0. The number of benzene rings is 3. The van der Waals surface area contributed by atoms with Gasteiger partial charge in [0, 0.05) is 6.07 Å². The van der Waals surface area contributed by atoms with Crippen LogP contribution in [0.2, 0.25) is 0 Å². The SMILES string of the molecule is O=S(=O)(NC(Cc1ccccc1)c1ccc2c(c1)OCCO2)c1ccc2c(c1)OCCO2. The number of hydrogen-bond donors (Lipinski definition) is 1. The van der Waals surface area contributed by atoms with Gasteiger partial charge in [-0.15, -0.1) is 0 Å². The highest BCUT2D eigenvalue weighted by Crippen LogP contribution is 2.35. The van der Waals surface area contributed by atoms with E-state index in [9.17, 15) is 8.42 Å². The highest BCUT2D eigenvalue weighted by molar-refractivity contribution is 7.89.